The lowest BCUT2D eigenvalue weighted by molar-refractivity contribution is 0.104. The maximum absolute atomic E-state index is 12.1. The Hall–Kier alpha value is -2.07. The van der Waals surface area contributed by atoms with Crippen molar-refractivity contribution in [3.8, 4) is 11.5 Å². The molecule has 0 amide bonds. The van der Waals surface area contributed by atoms with Crippen LogP contribution in [0.4, 0.5) is 0 Å². The number of methoxy groups -OCH3 is 1. The van der Waals surface area contributed by atoms with Gasteiger partial charge >= 0.3 is 0 Å². The van der Waals surface area contributed by atoms with Gasteiger partial charge in [0.15, 0.2) is 17.3 Å². The first-order chi connectivity index (χ1) is 10.0. The fourth-order valence-electron chi connectivity index (χ4n) is 1.83. The summed E-state index contributed by atoms with van der Waals surface area (Å²) < 4.78 is 5.76. The molecule has 3 nitrogen and oxygen atoms in total. The number of carbonyl (C=O) groups excluding carboxylic acids is 1. The molecule has 0 unspecified atom stereocenters. The Morgan fingerprint density at radius 3 is 2.52 bits per heavy atom. The largest absolute Gasteiger partial charge is 0.504 e. The van der Waals surface area contributed by atoms with Crippen LogP contribution in [0.3, 0.4) is 0 Å². The third-order valence-electron chi connectivity index (χ3n) is 3.05. The Balaban J connectivity index is 2.23. The Kier molecular flexibility index (Phi) is 4.81. The molecule has 0 aliphatic carbocycles. The maximum Gasteiger partial charge on any atom is 0.185 e. The molecule has 0 heterocycles. The number of aromatic hydroxyl groups is 1. The number of hydrogen-bond donors (Lipinski definition) is 1. The van der Waals surface area contributed by atoms with Crippen molar-refractivity contribution in [3.63, 3.8) is 0 Å². The molecule has 0 saturated carbocycles. The van der Waals surface area contributed by atoms with Gasteiger partial charge in [-0.2, -0.15) is 0 Å². The second-order valence-corrected chi connectivity index (χ2v) is 5.46. The fraction of sp³-hybridized carbons (Fsp3) is 0.118. The van der Waals surface area contributed by atoms with E-state index in [1.54, 1.807) is 30.3 Å². The topological polar surface area (TPSA) is 46.5 Å². The first-order valence-corrected chi connectivity index (χ1v) is 7.16. The Labute approximate surface area is 132 Å². The van der Waals surface area contributed by atoms with Crippen molar-refractivity contribution in [2.45, 2.75) is 6.92 Å². The number of phenols is 1. The summed E-state index contributed by atoms with van der Waals surface area (Å²) in [4.78, 5) is 12.1. The van der Waals surface area contributed by atoms with Crippen LogP contribution < -0.4 is 4.74 Å². The van der Waals surface area contributed by atoms with Gasteiger partial charge < -0.3 is 9.84 Å². The van der Waals surface area contributed by atoms with Gasteiger partial charge in [0.05, 0.1) is 7.11 Å². The summed E-state index contributed by atoms with van der Waals surface area (Å²) in [5, 5.41) is 9.76. The van der Waals surface area contributed by atoms with E-state index in [0.717, 1.165) is 10.0 Å². The summed E-state index contributed by atoms with van der Waals surface area (Å²) in [5.74, 6) is 0.323. The summed E-state index contributed by atoms with van der Waals surface area (Å²) in [5.41, 5.74) is 2.44. The number of phenolic OH excluding ortho intramolecular Hbond substituents is 1. The molecule has 0 atom stereocenters. The van der Waals surface area contributed by atoms with Gasteiger partial charge in [0.2, 0.25) is 0 Å². The highest BCUT2D eigenvalue weighted by Crippen LogP contribution is 2.33. The van der Waals surface area contributed by atoms with Gasteiger partial charge in [-0.1, -0.05) is 45.8 Å². The maximum atomic E-state index is 12.1. The van der Waals surface area contributed by atoms with Crippen LogP contribution in [0.15, 0.2) is 46.9 Å². The summed E-state index contributed by atoms with van der Waals surface area (Å²) >= 11 is 3.38. The van der Waals surface area contributed by atoms with E-state index in [0.29, 0.717) is 16.9 Å². The molecule has 2 aromatic carbocycles. The smallest absolute Gasteiger partial charge is 0.185 e. The normalized spacial score (nSPS) is 10.8. The van der Waals surface area contributed by atoms with Crippen LogP contribution >= 0.6 is 15.9 Å². The molecule has 0 saturated heterocycles. The highest BCUT2D eigenvalue weighted by molar-refractivity contribution is 9.10. The van der Waals surface area contributed by atoms with E-state index in [4.69, 9.17) is 4.74 Å². The molecule has 0 radical (unpaired) electrons. The summed E-state index contributed by atoms with van der Waals surface area (Å²) in [6.07, 6.45) is 3.14. The van der Waals surface area contributed by atoms with Crippen molar-refractivity contribution in [3.05, 3.63) is 63.6 Å². The molecular weight excluding hydrogens is 332 g/mol. The third-order valence-corrected chi connectivity index (χ3v) is 3.74. The Morgan fingerprint density at radius 2 is 1.90 bits per heavy atom. The van der Waals surface area contributed by atoms with Crippen LogP contribution in [0.1, 0.15) is 21.5 Å². The number of ether oxygens (including phenoxy) is 1. The van der Waals surface area contributed by atoms with Gasteiger partial charge in [-0.05, 0) is 36.8 Å². The molecule has 0 aliphatic rings. The number of carbonyl (C=O) groups is 1. The molecular formula is C17H15BrO3. The summed E-state index contributed by atoms with van der Waals surface area (Å²) in [6, 6.07) is 10.6. The van der Waals surface area contributed by atoms with Crippen LogP contribution in [-0.4, -0.2) is 18.0 Å². The Bertz CT molecular complexity index is 688. The van der Waals surface area contributed by atoms with Crippen LogP contribution in [0.2, 0.25) is 0 Å². The van der Waals surface area contributed by atoms with Crippen LogP contribution in [0.5, 0.6) is 11.5 Å². The zero-order valence-electron chi connectivity index (χ0n) is 11.8. The number of hydrogen-bond acceptors (Lipinski definition) is 3. The average molecular weight is 347 g/mol. The number of allylic oxidation sites excluding steroid dienone is 1. The van der Waals surface area contributed by atoms with Gasteiger partial charge in [0.25, 0.3) is 0 Å². The quantitative estimate of drug-likeness (QED) is 0.660. The first-order valence-electron chi connectivity index (χ1n) is 6.37. The van der Waals surface area contributed by atoms with Gasteiger partial charge in [-0.15, -0.1) is 0 Å². The van der Waals surface area contributed by atoms with Gasteiger partial charge in [0, 0.05) is 10.0 Å². The zero-order chi connectivity index (χ0) is 15.4. The number of ketones is 1. The molecule has 0 bridgehead atoms. The van der Waals surface area contributed by atoms with Crippen molar-refractivity contribution >= 4 is 27.8 Å². The van der Waals surface area contributed by atoms with Crippen molar-refractivity contribution in [1.29, 1.82) is 0 Å². The van der Waals surface area contributed by atoms with E-state index < -0.39 is 0 Å². The molecule has 108 valence electrons. The minimum Gasteiger partial charge on any atom is -0.504 e. The molecule has 2 rings (SSSR count). The first kappa shape index (κ1) is 15.3. The lowest BCUT2D eigenvalue weighted by Crippen LogP contribution is -1.94. The van der Waals surface area contributed by atoms with Crippen molar-refractivity contribution in [1.82, 2.24) is 0 Å². The molecule has 21 heavy (non-hydrogen) atoms. The van der Waals surface area contributed by atoms with E-state index in [1.807, 2.05) is 19.1 Å². The fourth-order valence-corrected chi connectivity index (χ4v) is 2.29. The van der Waals surface area contributed by atoms with E-state index in [-0.39, 0.29) is 11.5 Å². The van der Waals surface area contributed by atoms with E-state index in [1.165, 1.54) is 13.2 Å². The standard InChI is InChI=1S/C17H15BrO3/c1-11-3-5-12(6-4-11)15(19)8-7-13-9-16(20)17(21-2)10-14(13)18/h3-10,20H,1-2H3/b8-7+. The van der Waals surface area contributed by atoms with E-state index in [9.17, 15) is 9.90 Å². The van der Waals surface area contributed by atoms with Gasteiger partial charge in [-0.25, -0.2) is 0 Å². The average Bonchev–Trinajstić information content (AvgIpc) is 2.48. The van der Waals surface area contributed by atoms with Gasteiger partial charge in [-0.3, -0.25) is 4.79 Å². The predicted molar refractivity (Wildman–Crippen MR) is 86.9 cm³/mol. The molecule has 0 aromatic heterocycles. The third kappa shape index (κ3) is 3.73. The van der Waals surface area contributed by atoms with Crippen LogP contribution in [-0.2, 0) is 0 Å². The SMILES string of the molecule is COc1cc(Br)c(/C=C/C(=O)c2ccc(C)cc2)cc1O. The Morgan fingerprint density at radius 1 is 1.24 bits per heavy atom. The highest BCUT2D eigenvalue weighted by Gasteiger charge is 2.07. The van der Waals surface area contributed by atoms with Crippen LogP contribution in [0.25, 0.3) is 6.08 Å². The number of rotatable bonds is 4. The lowest BCUT2D eigenvalue weighted by atomic mass is 10.1. The molecule has 4 heteroatoms. The molecule has 2 aromatic rings. The van der Waals surface area contributed by atoms with Crippen molar-refractivity contribution in [2.75, 3.05) is 7.11 Å². The molecule has 1 N–H and O–H groups in total. The number of aryl methyl sites for hydroxylation is 1. The van der Waals surface area contributed by atoms with Gasteiger partial charge in [0.1, 0.15) is 0 Å². The van der Waals surface area contributed by atoms with Crippen molar-refractivity contribution < 1.29 is 14.6 Å². The zero-order valence-corrected chi connectivity index (χ0v) is 13.3. The van der Waals surface area contributed by atoms with E-state index >= 15 is 0 Å². The summed E-state index contributed by atoms with van der Waals surface area (Å²) in [7, 11) is 1.48. The van der Waals surface area contributed by atoms with Crippen LogP contribution in [0, 0.1) is 6.92 Å². The lowest BCUT2D eigenvalue weighted by Gasteiger charge is -2.06. The molecule has 0 aliphatic heterocycles. The minimum atomic E-state index is -0.0859. The highest BCUT2D eigenvalue weighted by atomic mass is 79.9. The number of halogens is 1. The monoisotopic (exact) mass is 346 g/mol. The molecule has 0 fully saturated rings. The second kappa shape index (κ2) is 6.59. The minimum absolute atomic E-state index is 0.0307. The van der Waals surface area contributed by atoms with E-state index in [2.05, 4.69) is 15.9 Å². The van der Waals surface area contributed by atoms with Crippen molar-refractivity contribution in [2.24, 2.45) is 0 Å². The second-order valence-electron chi connectivity index (χ2n) is 4.61. The molecule has 0 spiro atoms. The number of benzene rings is 2. The summed E-state index contributed by atoms with van der Waals surface area (Å²) in [6.45, 7) is 1.97. The predicted octanol–water partition coefficient (Wildman–Crippen LogP) is 4.37.